The van der Waals surface area contributed by atoms with Gasteiger partial charge in [-0.25, -0.2) is 4.79 Å². The van der Waals surface area contributed by atoms with Crippen LogP contribution in [0.3, 0.4) is 0 Å². The first-order valence-electron chi connectivity index (χ1n) is 11.2. The summed E-state index contributed by atoms with van der Waals surface area (Å²) in [6, 6.07) is 18.9. The summed E-state index contributed by atoms with van der Waals surface area (Å²) in [5.74, 6) is 0.533. The highest BCUT2D eigenvalue weighted by molar-refractivity contribution is 7.99. The molecule has 0 bridgehead atoms. The van der Waals surface area contributed by atoms with E-state index in [4.69, 9.17) is 0 Å². The van der Waals surface area contributed by atoms with E-state index in [9.17, 15) is 9.59 Å². The molecule has 3 amide bonds. The Bertz CT molecular complexity index is 1050. The number of thioether (sulfide) groups is 1. The van der Waals surface area contributed by atoms with Gasteiger partial charge in [-0.1, -0.05) is 66.7 Å². The molecular formula is C24H28N6O2S. The van der Waals surface area contributed by atoms with Gasteiger partial charge in [-0.3, -0.25) is 19.6 Å². The molecule has 0 saturated carbocycles. The van der Waals surface area contributed by atoms with E-state index in [1.807, 2.05) is 65.2 Å². The smallest absolute Gasteiger partial charge is 0.321 e. The van der Waals surface area contributed by atoms with E-state index in [1.54, 1.807) is 0 Å². The summed E-state index contributed by atoms with van der Waals surface area (Å²) in [4.78, 5) is 26.8. The van der Waals surface area contributed by atoms with Crippen molar-refractivity contribution in [3.05, 3.63) is 72.1 Å². The van der Waals surface area contributed by atoms with E-state index in [0.717, 1.165) is 36.7 Å². The number of benzene rings is 2. The number of nitrogens with zero attached hydrogens (tertiary/aromatic N) is 4. The minimum absolute atomic E-state index is 0.0629. The van der Waals surface area contributed by atoms with Gasteiger partial charge in [0.15, 0.2) is 11.0 Å². The highest BCUT2D eigenvalue weighted by atomic mass is 32.2. The summed E-state index contributed by atoms with van der Waals surface area (Å²) < 4.78 is 2.00. The number of hydrogen-bond donors (Lipinski definition) is 2. The number of rotatable bonds is 8. The number of amides is 3. The number of hydrogen-bond acceptors (Lipinski definition) is 6. The fourth-order valence-electron chi connectivity index (χ4n) is 3.77. The monoisotopic (exact) mass is 464 g/mol. The van der Waals surface area contributed by atoms with E-state index < -0.39 is 6.03 Å². The number of para-hydroxylation sites is 1. The van der Waals surface area contributed by atoms with Crippen molar-refractivity contribution in [3.8, 4) is 5.69 Å². The topological polar surface area (TPSA) is 92.2 Å². The van der Waals surface area contributed by atoms with Crippen molar-refractivity contribution in [2.45, 2.75) is 37.5 Å². The average molecular weight is 465 g/mol. The van der Waals surface area contributed by atoms with Crippen molar-refractivity contribution in [2.24, 2.45) is 0 Å². The second-order valence-electron chi connectivity index (χ2n) is 7.91. The minimum atomic E-state index is -0.514. The van der Waals surface area contributed by atoms with Crippen LogP contribution in [0.25, 0.3) is 5.69 Å². The van der Waals surface area contributed by atoms with E-state index >= 15 is 0 Å². The summed E-state index contributed by atoms with van der Waals surface area (Å²) >= 11 is 1.27. The third-order valence-electron chi connectivity index (χ3n) is 5.41. The lowest BCUT2D eigenvalue weighted by atomic mass is 10.1. The largest absolute Gasteiger partial charge is 0.334 e. The van der Waals surface area contributed by atoms with Crippen LogP contribution in [-0.2, 0) is 17.9 Å². The third kappa shape index (κ3) is 6.66. The molecule has 8 nitrogen and oxygen atoms in total. The number of aromatic nitrogens is 3. The Kier molecular flexibility index (Phi) is 8.10. The lowest BCUT2D eigenvalue weighted by molar-refractivity contribution is -0.117. The first-order valence-corrected chi connectivity index (χ1v) is 12.1. The molecule has 2 N–H and O–H groups in total. The Morgan fingerprint density at radius 3 is 2.33 bits per heavy atom. The summed E-state index contributed by atoms with van der Waals surface area (Å²) in [7, 11) is 0. The van der Waals surface area contributed by atoms with Crippen molar-refractivity contribution >= 4 is 23.7 Å². The molecule has 0 unspecified atom stereocenters. The Morgan fingerprint density at radius 2 is 1.61 bits per heavy atom. The zero-order chi connectivity index (χ0) is 22.9. The van der Waals surface area contributed by atoms with Crippen molar-refractivity contribution < 1.29 is 9.59 Å². The molecule has 1 fully saturated rings. The van der Waals surface area contributed by atoms with Crippen LogP contribution < -0.4 is 10.6 Å². The van der Waals surface area contributed by atoms with Crippen LogP contribution >= 0.6 is 11.8 Å². The summed E-state index contributed by atoms with van der Waals surface area (Å²) in [6.45, 7) is 3.20. The Balaban J connectivity index is 1.36. The molecule has 172 valence electrons. The first kappa shape index (κ1) is 23.0. The van der Waals surface area contributed by atoms with Crippen LogP contribution in [0.5, 0.6) is 0 Å². The molecule has 0 spiro atoms. The van der Waals surface area contributed by atoms with Gasteiger partial charge in [0.1, 0.15) is 0 Å². The molecule has 33 heavy (non-hydrogen) atoms. The molecule has 0 aliphatic carbocycles. The lowest BCUT2D eigenvalue weighted by Gasteiger charge is -2.26. The number of likely N-dealkylation sites (tertiary alicyclic amines) is 1. The molecule has 2 heterocycles. The van der Waals surface area contributed by atoms with Crippen LogP contribution in [-0.4, -0.2) is 50.4 Å². The molecular weight excluding hydrogens is 436 g/mol. The maximum absolute atomic E-state index is 12.4. The van der Waals surface area contributed by atoms with Crippen molar-refractivity contribution in [1.29, 1.82) is 0 Å². The number of carbonyl (C=O) groups is 2. The zero-order valence-electron chi connectivity index (χ0n) is 18.4. The van der Waals surface area contributed by atoms with Crippen LogP contribution in [0.2, 0.25) is 0 Å². The summed E-state index contributed by atoms with van der Waals surface area (Å²) in [5, 5.41) is 14.5. The second kappa shape index (κ2) is 11.6. The van der Waals surface area contributed by atoms with Crippen LogP contribution in [0.4, 0.5) is 4.79 Å². The molecule has 1 aliphatic heterocycles. The Labute approximate surface area is 197 Å². The normalized spacial score (nSPS) is 14.1. The first-order chi connectivity index (χ1) is 16.2. The standard InChI is InChI=1S/C24H28N6O2S/c31-22(26-23(32)25-16-19-10-4-1-5-11-19)18-33-24-28-27-21(17-29-14-8-3-9-15-29)30(24)20-12-6-2-7-13-20/h1-2,4-7,10-13H,3,8-9,14-18H2,(H2,25,26,31,32). The molecule has 2 aromatic carbocycles. The number of carbonyl (C=O) groups excluding carboxylic acids is 2. The highest BCUT2D eigenvalue weighted by Gasteiger charge is 2.19. The zero-order valence-corrected chi connectivity index (χ0v) is 19.3. The van der Waals surface area contributed by atoms with Crippen molar-refractivity contribution in [2.75, 3.05) is 18.8 Å². The van der Waals surface area contributed by atoms with Crippen molar-refractivity contribution in [3.63, 3.8) is 0 Å². The number of imide groups is 1. The predicted molar refractivity (Wildman–Crippen MR) is 128 cm³/mol. The molecule has 1 aliphatic rings. The summed E-state index contributed by atoms with van der Waals surface area (Å²) in [6.07, 6.45) is 3.68. The minimum Gasteiger partial charge on any atom is -0.334 e. The molecule has 0 atom stereocenters. The summed E-state index contributed by atoms with van der Waals surface area (Å²) in [5.41, 5.74) is 1.92. The van der Waals surface area contributed by atoms with Gasteiger partial charge in [0.25, 0.3) is 0 Å². The van der Waals surface area contributed by atoms with E-state index in [0.29, 0.717) is 11.7 Å². The fraction of sp³-hybridized carbons (Fsp3) is 0.333. The maximum atomic E-state index is 12.4. The fourth-order valence-corrected chi connectivity index (χ4v) is 4.54. The van der Waals surface area contributed by atoms with Crippen molar-refractivity contribution in [1.82, 2.24) is 30.3 Å². The van der Waals surface area contributed by atoms with Gasteiger partial charge in [0, 0.05) is 12.2 Å². The van der Waals surface area contributed by atoms with Gasteiger partial charge in [-0.05, 0) is 43.6 Å². The maximum Gasteiger partial charge on any atom is 0.321 e. The second-order valence-corrected chi connectivity index (χ2v) is 8.85. The van der Waals surface area contributed by atoms with Crippen LogP contribution in [0, 0.1) is 0 Å². The van der Waals surface area contributed by atoms with E-state index in [1.165, 1.54) is 31.0 Å². The molecule has 0 radical (unpaired) electrons. The molecule has 3 aromatic rings. The lowest BCUT2D eigenvalue weighted by Crippen LogP contribution is -2.40. The Morgan fingerprint density at radius 1 is 0.909 bits per heavy atom. The number of nitrogens with one attached hydrogen (secondary N) is 2. The van der Waals surface area contributed by atoms with Gasteiger partial charge in [0.05, 0.1) is 12.3 Å². The molecule has 4 rings (SSSR count). The van der Waals surface area contributed by atoms with Gasteiger partial charge < -0.3 is 5.32 Å². The molecule has 1 aromatic heterocycles. The predicted octanol–water partition coefficient (Wildman–Crippen LogP) is 3.37. The average Bonchev–Trinajstić information content (AvgIpc) is 3.25. The molecule has 9 heteroatoms. The van der Waals surface area contributed by atoms with Gasteiger partial charge in [-0.2, -0.15) is 0 Å². The van der Waals surface area contributed by atoms with Gasteiger partial charge in [0.2, 0.25) is 5.91 Å². The number of urea groups is 1. The quantitative estimate of drug-likeness (QED) is 0.497. The highest BCUT2D eigenvalue weighted by Crippen LogP contribution is 2.23. The Hall–Kier alpha value is -3.17. The van der Waals surface area contributed by atoms with E-state index in [-0.39, 0.29) is 11.7 Å². The SMILES string of the molecule is O=C(CSc1nnc(CN2CCCCC2)n1-c1ccccc1)NC(=O)NCc1ccccc1. The van der Waals surface area contributed by atoms with Gasteiger partial charge in [-0.15, -0.1) is 10.2 Å². The third-order valence-corrected chi connectivity index (χ3v) is 6.34. The van der Waals surface area contributed by atoms with Crippen LogP contribution in [0.15, 0.2) is 65.8 Å². The molecule has 1 saturated heterocycles. The number of piperidine rings is 1. The van der Waals surface area contributed by atoms with Crippen LogP contribution in [0.1, 0.15) is 30.7 Å². The van der Waals surface area contributed by atoms with E-state index in [2.05, 4.69) is 25.7 Å². The van der Waals surface area contributed by atoms with Gasteiger partial charge >= 0.3 is 6.03 Å².